The summed E-state index contributed by atoms with van der Waals surface area (Å²) < 4.78 is 6.31. The fraction of sp³-hybridized carbons (Fsp3) is 0.0714. The van der Waals surface area contributed by atoms with Crippen LogP contribution in [0.4, 0.5) is 11.4 Å². The molecule has 0 fully saturated rings. The first-order chi connectivity index (χ1) is 17.0. The van der Waals surface area contributed by atoms with Crippen LogP contribution in [0.25, 0.3) is 0 Å². The summed E-state index contributed by atoms with van der Waals surface area (Å²) >= 11 is 3.66. The molecule has 0 aromatic heterocycles. The van der Waals surface area contributed by atoms with Gasteiger partial charge in [-0.15, -0.1) is 11.8 Å². The van der Waals surface area contributed by atoms with E-state index in [0.29, 0.717) is 17.0 Å². The maximum atomic E-state index is 13.3. The summed E-state index contributed by atoms with van der Waals surface area (Å²) in [5.41, 5.74) is 2.79. The molecular weight excluding hydrogens is 571 g/mol. The second-order valence-electron chi connectivity index (χ2n) is 7.62. The first-order valence-electron chi connectivity index (χ1n) is 10.9. The van der Waals surface area contributed by atoms with Gasteiger partial charge >= 0.3 is 0 Å². The number of rotatable bonds is 8. The van der Waals surface area contributed by atoms with Crippen LogP contribution in [0, 0.1) is 3.57 Å². The van der Waals surface area contributed by atoms with Crippen molar-refractivity contribution in [3.8, 4) is 5.75 Å². The molecule has 35 heavy (non-hydrogen) atoms. The highest BCUT2D eigenvalue weighted by atomic mass is 127. The van der Waals surface area contributed by atoms with Gasteiger partial charge < -0.3 is 15.4 Å². The fourth-order valence-electron chi connectivity index (χ4n) is 3.39. The third-order valence-electron chi connectivity index (χ3n) is 5.13. The average molecular weight is 594 g/mol. The van der Waals surface area contributed by atoms with Gasteiger partial charge in [-0.25, -0.2) is 0 Å². The van der Waals surface area contributed by atoms with E-state index >= 15 is 0 Å². The van der Waals surface area contributed by atoms with Gasteiger partial charge in [0, 0.05) is 25.4 Å². The van der Waals surface area contributed by atoms with Crippen molar-refractivity contribution in [1.29, 1.82) is 0 Å². The molecule has 4 aromatic rings. The Morgan fingerprint density at radius 3 is 2.29 bits per heavy atom. The van der Waals surface area contributed by atoms with Gasteiger partial charge in [0.1, 0.15) is 11.0 Å². The lowest BCUT2D eigenvalue weighted by atomic mass is 10.1. The van der Waals surface area contributed by atoms with Gasteiger partial charge in [0.25, 0.3) is 5.91 Å². The number of benzene rings is 4. The molecule has 5 nitrogen and oxygen atoms in total. The number of ether oxygens (including phenoxy) is 1. The number of carbonyl (C=O) groups excluding carboxylic acids is 2. The average Bonchev–Trinajstić information content (AvgIpc) is 2.89. The molecule has 0 heterocycles. The minimum absolute atomic E-state index is 0.117. The number of nitrogens with one attached hydrogen (secondary N) is 2. The molecule has 0 radical (unpaired) electrons. The Labute approximate surface area is 222 Å². The van der Waals surface area contributed by atoms with Gasteiger partial charge in [0.2, 0.25) is 5.91 Å². The van der Waals surface area contributed by atoms with E-state index in [-0.39, 0.29) is 11.8 Å². The molecule has 0 aliphatic rings. The highest BCUT2D eigenvalue weighted by Crippen LogP contribution is 2.37. The standard InChI is InChI=1S/C28H23IN2O3S/c1-34-24-11-5-9-20(17-24)27(32)31-23-10-6-12-25(18-23)35-26(19-7-3-2-4-8-19)28(33)30-22-15-13-21(29)14-16-22/h2-18,26H,1H3,(H,30,33)(H,31,32). The first kappa shape index (κ1) is 24.8. The Balaban J connectivity index is 1.53. The van der Waals surface area contributed by atoms with Crippen LogP contribution < -0.4 is 15.4 Å². The molecule has 4 aromatic carbocycles. The number of methoxy groups -OCH3 is 1. The van der Waals surface area contributed by atoms with Crippen LogP contribution in [0.15, 0.2) is 108 Å². The van der Waals surface area contributed by atoms with Gasteiger partial charge in [-0.05, 0) is 88.8 Å². The molecule has 2 N–H and O–H groups in total. The number of hydrogen-bond acceptors (Lipinski definition) is 4. The summed E-state index contributed by atoms with van der Waals surface area (Å²) in [5.74, 6) is 0.266. The summed E-state index contributed by atoms with van der Waals surface area (Å²) in [5, 5.41) is 5.48. The molecule has 4 rings (SSSR count). The van der Waals surface area contributed by atoms with Gasteiger partial charge in [0.15, 0.2) is 0 Å². The highest BCUT2D eigenvalue weighted by molar-refractivity contribution is 14.1. The normalized spacial score (nSPS) is 11.4. The van der Waals surface area contributed by atoms with Gasteiger partial charge in [-0.3, -0.25) is 9.59 Å². The van der Waals surface area contributed by atoms with Crippen molar-refractivity contribution in [1.82, 2.24) is 0 Å². The Kier molecular flexibility index (Phi) is 8.44. The lowest BCUT2D eigenvalue weighted by Gasteiger charge is -2.18. The van der Waals surface area contributed by atoms with Crippen LogP contribution in [0.1, 0.15) is 21.2 Å². The van der Waals surface area contributed by atoms with Crippen molar-refractivity contribution in [2.45, 2.75) is 10.1 Å². The van der Waals surface area contributed by atoms with Crippen molar-refractivity contribution in [2.24, 2.45) is 0 Å². The zero-order chi connectivity index (χ0) is 24.6. The molecule has 0 aliphatic carbocycles. The maximum Gasteiger partial charge on any atom is 0.255 e. The third kappa shape index (κ3) is 6.86. The van der Waals surface area contributed by atoms with Crippen LogP contribution in [0.3, 0.4) is 0 Å². The molecule has 176 valence electrons. The topological polar surface area (TPSA) is 67.4 Å². The predicted octanol–water partition coefficient (Wildman–Crippen LogP) is 7.02. The molecule has 0 spiro atoms. The summed E-state index contributed by atoms with van der Waals surface area (Å²) in [6.45, 7) is 0. The van der Waals surface area contributed by atoms with Crippen LogP contribution in [-0.4, -0.2) is 18.9 Å². The zero-order valence-corrected chi connectivity index (χ0v) is 21.9. The Hall–Kier alpha value is -3.30. The zero-order valence-electron chi connectivity index (χ0n) is 18.9. The van der Waals surface area contributed by atoms with E-state index in [4.69, 9.17) is 4.74 Å². The van der Waals surface area contributed by atoms with Crippen LogP contribution in [-0.2, 0) is 4.79 Å². The van der Waals surface area contributed by atoms with E-state index < -0.39 is 5.25 Å². The molecular formula is C28H23IN2O3S. The van der Waals surface area contributed by atoms with Crippen molar-refractivity contribution >= 4 is 57.5 Å². The quantitative estimate of drug-likeness (QED) is 0.170. The SMILES string of the molecule is COc1cccc(C(=O)Nc2cccc(SC(C(=O)Nc3ccc(I)cc3)c3ccccc3)c2)c1. The first-order valence-corrected chi connectivity index (χ1v) is 12.8. The smallest absolute Gasteiger partial charge is 0.255 e. The summed E-state index contributed by atoms with van der Waals surface area (Å²) in [7, 11) is 1.56. The number of amides is 2. The van der Waals surface area contributed by atoms with Crippen molar-refractivity contribution < 1.29 is 14.3 Å². The lowest BCUT2D eigenvalue weighted by Crippen LogP contribution is -2.19. The largest absolute Gasteiger partial charge is 0.497 e. The van der Waals surface area contributed by atoms with E-state index in [0.717, 1.165) is 19.7 Å². The van der Waals surface area contributed by atoms with E-state index in [1.807, 2.05) is 78.9 Å². The lowest BCUT2D eigenvalue weighted by molar-refractivity contribution is -0.115. The molecule has 7 heteroatoms. The summed E-state index contributed by atoms with van der Waals surface area (Å²) in [6, 6.07) is 31.8. The molecule has 0 bridgehead atoms. The monoisotopic (exact) mass is 594 g/mol. The number of thioether (sulfide) groups is 1. The number of hydrogen-bond donors (Lipinski definition) is 2. The second-order valence-corrected chi connectivity index (χ2v) is 10.0. The minimum atomic E-state index is -0.472. The third-order valence-corrected chi connectivity index (χ3v) is 7.10. The molecule has 1 unspecified atom stereocenters. The predicted molar refractivity (Wildman–Crippen MR) is 150 cm³/mol. The van der Waals surface area contributed by atoms with Crippen molar-refractivity contribution in [3.05, 3.63) is 118 Å². The molecule has 0 saturated carbocycles. The van der Waals surface area contributed by atoms with Crippen LogP contribution in [0.2, 0.25) is 0 Å². The molecule has 0 aliphatic heterocycles. The van der Waals surface area contributed by atoms with Gasteiger partial charge in [-0.1, -0.05) is 42.5 Å². The molecule has 0 saturated heterocycles. The maximum absolute atomic E-state index is 13.3. The molecule has 2 amide bonds. The van der Waals surface area contributed by atoms with Gasteiger partial charge in [0.05, 0.1) is 7.11 Å². The fourth-order valence-corrected chi connectivity index (χ4v) is 4.84. The summed E-state index contributed by atoms with van der Waals surface area (Å²) in [6.07, 6.45) is 0. The second kappa shape index (κ2) is 11.9. The van der Waals surface area contributed by atoms with Crippen molar-refractivity contribution in [2.75, 3.05) is 17.7 Å². The number of halogens is 1. The van der Waals surface area contributed by atoms with E-state index in [2.05, 4.69) is 33.2 Å². The molecule has 1 atom stereocenters. The van der Waals surface area contributed by atoms with E-state index in [1.54, 1.807) is 31.4 Å². The van der Waals surface area contributed by atoms with Gasteiger partial charge in [-0.2, -0.15) is 0 Å². The Bertz CT molecular complexity index is 1310. The van der Waals surface area contributed by atoms with E-state index in [9.17, 15) is 9.59 Å². The Morgan fingerprint density at radius 1 is 0.800 bits per heavy atom. The Morgan fingerprint density at radius 2 is 1.54 bits per heavy atom. The van der Waals surface area contributed by atoms with Crippen molar-refractivity contribution in [3.63, 3.8) is 0 Å². The highest BCUT2D eigenvalue weighted by Gasteiger charge is 2.22. The minimum Gasteiger partial charge on any atom is -0.497 e. The number of carbonyl (C=O) groups is 2. The van der Waals surface area contributed by atoms with E-state index in [1.165, 1.54) is 11.8 Å². The van der Waals surface area contributed by atoms with Crippen LogP contribution >= 0.6 is 34.4 Å². The summed E-state index contributed by atoms with van der Waals surface area (Å²) in [4.78, 5) is 26.9. The van der Waals surface area contributed by atoms with Crippen LogP contribution in [0.5, 0.6) is 5.75 Å². The number of anilines is 2.